The van der Waals surface area contributed by atoms with Crippen LogP contribution in [0.2, 0.25) is 5.02 Å². The molecule has 2 aromatic heterocycles. The fourth-order valence-corrected chi connectivity index (χ4v) is 3.17. The summed E-state index contributed by atoms with van der Waals surface area (Å²) in [7, 11) is 1.87. The molecule has 5 heteroatoms. The fourth-order valence-electron chi connectivity index (χ4n) is 3.05. The van der Waals surface area contributed by atoms with Gasteiger partial charge in [0.1, 0.15) is 11.0 Å². The van der Waals surface area contributed by atoms with Gasteiger partial charge in [0.15, 0.2) is 0 Å². The predicted octanol–water partition coefficient (Wildman–Crippen LogP) is 4.10. The van der Waals surface area contributed by atoms with Gasteiger partial charge in [-0.1, -0.05) is 54.1 Å². The number of aromatic nitrogens is 3. The van der Waals surface area contributed by atoms with Crippen LogP contribution in [-0.2, 0) is 13.6 Å². The molecule has 0 N–H and O–H groups in total. The van der Waals surface area contributed by atoms with E-state index in [1.54, 1.807) is 10.9 Å². The highest BCUT2D eigenvalue weighted by molar-refractivity contribution is 6.30. The zero-order valence-electron chi connectivity index (χ0n) is 13.7. The van der Waals surface area contributed by atoms with E-state index in [1.807, 2.05) is 72.4 Å². The van der Waals surface area contributed by atoms with Crippen LogP contribution >= 0.6 is 11.6 Å². The Morgan fingerprint density at radius 3 is 2.48 bits per heavy atom. The van der Waals surface area contributed by atoms with E-state index >= 15 is 0 Å². The van der Waals surface area contributed by atoms with Crippen molar-refractivity contribution >= 4 is 22.6 Å². The zero-order chi connectivity index (χ0) is 17.4. The second-order valence-electron chi connectivity index (χ2n) is 6.02. The lowest BCUT2D eigenvalue weighted by Crippen LogP contribution is -2.22. The molecule has 4 nitrogen and oxygen atoms in total. The first-order valence-corrected chi connectivity index (χ1v) is 8.35. The number of rotatable bonds is 3. The van der Waals surface area contributed by atoms with Gasteiger partial charge in [-0.15, -0.1) is 0 Å². The second-order valence-corrected chi connectivity index (χ2v) is 6.46. The van der Waals surface area contributed by atoms with Crippen molar-refractivity contribution in [2.45, 2.75) is 6.54 Å². The molecule has 0 fully saturated rings. The van der Waals surface area contributed by atoms with Crippen molar-refractivity contribution in [1.82, 2.24) is 14.1 Å². The molecule has 0 radical (unpaired) electrons. The Hall–Kier alpha value is -2.85. The van der Waals surface area contributed by atoms with Crippen LogP contribution in [0.15, 0.2) is 71.9 Å². The molecule has 2 heterocycles. The van der Waals surface area contributed by atoms with Gasteiger partial charge in [-0.3, -0.25) is 9.36 Å². The van der Waals surface area contributed by atoms with Crippen molar-refractivity contribution in [2.24, 2.45) is 7.05 Å². The normalized spacial score (nSPS) is 11.1. The molecule has 0 aliphatic heterocycles. The average Bonchev–Trinajstić information content (AvgIpc) is 2.96. The molecule has 2 aromatic carbocycles. The molecule has 0 saturated carbocycles. The highest BCUT2D eigenvalue weighted by atomic mass is 35.5. The van der Waals surface area contributed by atoms with E-state index in [2.05, 4.69) is 4.98 Å². The van der Waals surface area contributed by atoms with Crippen LogP contribution in [0.5, 0.6) is 0 Å². The van der Waals surface area contributed by atoms with Gasteiger partial charge in [0, 0.05) is 23.8 Å². The summed E-state index contributed by atoms with van der Waals surface area (Å²) in [6, 6.07) is 17.5. The van der Waals surface area contributed by atoms with Crippen molar-refractivity contribution < 1.29 is 0 Å². The molecular weight excluding hydrogens is 334 g/mol. The van der Waals surface area contributed by atoms with Gasteiger partial charge in [-0.05, 0) is 23.3 Å². The molecule has 4 rings (SSSR count). The molecule has 0 unspecified atom stereocenters. The maximum Gasteiger partial charge on any atom is 0.278 e. The first-order valence-electron chi connectivity index (χ1n) is 7.98. The summed E-state index contributed by atoms with van der Waals surface area (Å²) < 4.78 is 3.49. The van der Waals surface area contributed by atoms with Crippen LogP contribution in [0.25, 0.3) is 22.2 Å². The van der Waals surface area contributed by atoms with E-state index in [0.717, 1.165) is 16.7 Å². The van der Waals surface area contributed by atoms with Crippen LogP contribution in [0.3, 0.4) is 0 Å². The minimum absolute atomic E-state index is 0.0448. The Bertz CT molecular complexity index is 1100. The Kier molecular flexibility index (Phi) is 3.90. The van der Waals surface area contributed by atoms with Gasteiger partial charge >= 0.3 is 0 Å². The number of aryl methyl sites for hydroxylation is 1. The first-order chi connectivity index (χ1) is 12.1. The molecule has 124 valence electrons. The summed E-state index contributed by atoms with van der Waals surface area (Å²) in [5.41, 5.74) is 4.25. The molecule has 0 spiro atoms. The predicted molar refractivity (Wildman–Crippen MR) is 101 cm³/mol. The Morgan fingerprint density at radius 1 is 1.04 bits per heavy atom. The van der Waals surface area contributed by atoms with Gasteiger partial charge < -0.3 is 4.57 Å². The second kappa shape index (κ2) is 6.22. The first kappa shape index (κ1) is 15.7. The lowest BCUT2D eigenvalue weighted by molar-refractivity contribution is 0.741. The Balaban J connectivity index is 1.84. The topological polar surface area (TPSA) is 39.8 Å². The zero-order valence-corrected chi connectivity index (χ0v) is 14.4. The van der Waals surface area contributed by atoms with Gasteiger partial charge in [0.2, 0.25) is 0 Å². The van der Waals surface area contributed by atoms with E-state index in [0.29, 0.717) is 22.6 Å². The summed E-state index contributed by atoms with van der Waals surface area (Å²) in [6.07, 6.45) is 3.56. The van der Waals surface area contributed by atoms with Gasteiger partial charge in [-0.2, -0.15) is 0 Å². The average molecular weight is 350 g/mol. The highest BCUT2D eigenvalue weighted by Gasteiger charge is 2.14. The minimum atomic E-state index is -0.0448. The number of halogens is 1. The van der Waals surface area contributed by atoms with Crippen molar-refractivity contribution in [3.05, 3.63) is 88.1 Å². The van der Waals surface area contributed by atoms with E-state index in [-0.39, 0.29) is 5.56 Å². The lowest BCUT2D eigenvalue weighted by atomic mass is 10.1. The molecule has 25 heavy (non-hydrogen) atoms. The quantitative estimate of drug-likeness (QED) is 0.558. The molecular formula is C20H16ClN3O. The summed E-state index contributed by atoms with van der Waals surface area (Å²) in [6.45, 7) is 0.504. The number of benzene rings is 2. The highest BCUT2D eigenvalue weighted by Crippen LogP contribution is 2.28. The largest absolute Gasteiger partial charge is 0.344 e. The fraction of sp³-hybridized carbons (Fsp3) is 0.100. The van der Waals surface area contributed by atoms with Crippen LogP contribution < -0.4 is 5.56 Å². The van der Waals surface area contributed by atoms with E-state index < -0.39 is 0 Å². The minimum Gasteiger partial charge on any atom is -0.344 e. The van der Waals surface area contributed by atoms with E-state index in [9.17, 15) is 4.79 Å². The maximum absolute atomic E-state index is 12.9. The maximum atomic E-state index is 12.9. The van der Waals surface area contributed by atoms with Crippen molar-refractivity contribution in [3.63, 3.8) is 0 Å². The third-order valence-electron chi connectivity index (χ3n) is 4.30. The van der Waals surface area contributed by atoms with Crippen molar-refractivity contribution in [1.29, 1.82) is 0 Å². The molecule has 0 aliphatic carbocycles. The third kappa shape index (κ3) is 2.85. The number of hydrogen-bond donors (Lipinski definition) is 0. The van der Waals surface area contributed by atoms with Crippen LogP contribution in [-0.4, -0.2) is 14.1 Å². The SMILES string of the molecule is Cn1cc(-c2ccc(Cl)cc2)c2ncn(Cc3ccccc3)c(=O)c21. The van der Waals surface area contributed by atoms with E-state index in [1.165, 1.54) is 0 Å². The third-order valence-corrected chi connectivity index (χ3v) is 4.55. The number of nitrogens with zero attached hydrogens (tertiary/aromatic N) is 3. The van der Waals surface area contributed by atoms with Crippen molar-refractivity contribution in [2.75, 3.05) is 0 Å². The monoisotopic (exact) mass is 349 g/mol. The molecule has 0 atom stereocenters. The summed E-state index contributed by atoms with van der Waals surface area (Å²) in [4.78, 5) is 17.5. The number of hydrogen-bond acceptors (Lipinski definition) is 2. The molecule has 0 aliphatic rings. The van der Waals surface area contributed by atoms with E-state index in [4.69, 9.17) is 11.6 Å². The van der Waals surface area contributed by atoms with Crippen LogP contribution in [0.1, 0.15) is 5.56 Å². The molecule has 0 saturated heterocycles. The van der Waals surface area contributed by atoms with Crippen LogP contribution in [0.4, 0.5) is 0 Å². The lowest BCUT2D eigenvalue weighted by Gasteiger charge is -2.06. The standard InChI is InChI=1S/C20H16ClN3O/c1-23-12-17(15-7-9-16(21)10-8-15)18-19(23)20(25)24(13-22-18)11-14-5-3-2-4-6-14/h2-10,12-13H,11H2,1H3. The summed E-state index contributed by atoms with van der Waals surface area (Å²) in [5, 5.41) is 0.683. The van der Waals surface area contributed by atoms with Gasteiger partial charge in [0.25, 0.3) is 5.56 Å². The Labute approximate surface area is 149 Å². The number of fused-ring (bicyclic) bond motifs is 1. The molecule has 4 aromatic rings. The summed E-state index contributed by atoms with van der Waals surface area (Å²) >= 11 is 5.97. The Morgan fingerprint density at radius 2 is 1.76 bits per heavy atom. The smallest absolute Gasteiger partial charge is 0.278 e. The van der Waals surface area contributed by atoms with Crippen LogP contribution in [0, 0.1) is 0 Å². The van der Waals surface area contributed by atoms with Crippen molar-refractivity contribution in [3.8, 4) is 11.1 Å². The van der Waals surface area contributed by atoms with Gasteiger partial charge in [0.05, 0.1) is 12.9 Å². The molecule has 0 bridgehead atoms. The van der Waals surface area contributed by atoms with Gasteiger partial charge in [-0.25, -0.2) is 4.98 Å². The molecule has 0 amide bonds. The summed E-state index contributed by atoms with van der Waals surface area (Å²) in [5.74, 6) is 0.